The summed E-state index contributed by atoms with van der Waals surface area (Å²) in [6, 6.07) is 2.41. The number of rotatable bonds is 4. The second-order valence-corrected chi connectivity index (χ2v) is 3.19. The minimum atomic E-state index is -1.74. The molecule has 0 aliphatic carbocycles. The summed E-state index contributed by atoms with van der Waals surface area (Å²) in [5.41, 5.74) is -0.0820. The Morgan fingerprint density at radius 3 is 2.41 bits per heavy atom. The zero-order valence-corrected chi connectivity index (χ0v) is 8.90. The number of nitrogens with zero attached hydrogens (tertiary/aromatic N) is 1. The lowest BCUT2D eigenvalue weighted by Crippen LogP contribution is -2.29. The molecule has 7 heteroatoms. The maximum atomic E-state index is 11.0. The van der Waals surface area contributed by atoms with E-state index in [0.29, 0.717) is 0 Å². The molecule has 7 nitrogen and oxygen atoms in total. The Morgan fingerprint density at radius 2 is 2.00 bits per heavy atom. The Kier molecular flexibility index (Phi) is 4.13. The van der Waals surface area contributed by atoms with E-state index in [9.17, 15) is 19.8 Å². The van der Waals surface area contributed by atoms with Crippen LogP contribution in [0.1, 0.15) is 22.2 Å². The number of carboxylic acid groups (broad SMARTS) is 1. The van der Waals surface area contributed by atoms with Crippen LogP contribution < -0.4 is 0 Å². The molecule has 0 aliphatic rings. The average molecular weight is 241 g/mol. The van der Waals surface area contributed by atoms with E-state index in [4.69, 9.17) is 5.11 Å². The lowest BCUT2D eigenvalue weighted by molar-refractivity contribution is -0.156. The first-order chi connectivity index (χ1) is 7.97. The van der Waals surface area contributed by atoms with Crippen molar-refractivity contribution in [1.82, 2.24) is 4.98 Å². The number of aliphatic hydroxyl groups is 2. The quantitative estimate of drug-likeness (QED) is 0.599. The number of carboxylic acids is 1. The fourth-order valence-electron chi connectivity index (χ4n) is 1.14. The third kappa shape index (κ3) is 2.99. The number of aromatic nitrogens is 1. The van der Waals surface area contributed by atoms with Gasteiger partial charge in [-0.3, -0.25) is 0 Å². The Bertz CT molecular complexity index is 415. The second kappa shape index (κ2) is 5.37. The number of carbonyl (C=O) groups excluding carboxylic acids is 1. The van der Waals surface area contributed by atoms with Crippen LogP contribution in [0.15, 0.2) is 18.3 Å². The first-order valence-electron chi connectivity index (χ1n) is 4.60. The van der Waals surface area contributed by atoms with Gasteiger partial charge in [-0.1, -0.05) is 6.07 Å². The van der Waals surface area contributed by atoms with Crippen LogP contribution in [0.3, 0.4) is 0 Å². The Labute approximate surface area is 96.3 Å². The van der Waals surface area contributed by atoms with Crippen molar-refractivity contribution >= 4 is 11.9 Å². The van der Waals surface area contributed by atoms with E-state index in [1.165, 1.54) is 6.07 Å². The molecule has 17 heavy (non-hydrogen) atoms. The molecule has 0 saturated heterocycles. The first kappa shape index (κ1) is 13.1. The number of ether oxygens (including phenoxy) is 1. The number of methoxy groups -OCH3 is 1. The van der Waals surface area contributed by atoms with E-state index in [-0.39, 0.29) is 11.3 Å². The zero-order valence-electron chi connectivity index (χ0n) is 8.90. The molecule has 0 fully saturated rings. The Morgan fingerprint density at radius 1 is 1.35 bits per heavy atom. The highest BCUT2D eigenvalue weighted by Crippen LogP contribution is 2.17. The molecule has 3 N–H and O–H groups in total. The third-order valence-corrected chi connectivity index (χ3v) is 2.09. The van der Waals surface area contributed by atoms with E-state index >= 15 is 0 Å². The van der Waals surface area contributed by atoms with Crippen LogP contribution in [-0.4, -0.2) is 45.5 Å². The number of hydrogen-bond donors (Lipinski definition) is 3. The van der Waals surface area contributed by atoms with Gasteiger partial charge in [0.1, 0.15) is 11.8 Å². The predicted octanol–water partition coefficient (Wildman–Crippen LogP) is -0.653. The van der Waals surface area contributed by atoms with Gasteiger partial charge in [0, 0.05) is 11.8 Å². The smallest absolute Gasteiger partial charge is 0.354 e. The van der Waals surface area contributed by atoms with Crippen LogP contribution >= 0.6 is 0 Å². The molecule has 0 bridgehead atoms. The van der Waals surface area contributed by atoms with Gasteiger partial charge in [0.2, 0.25) is 0 Å². The van der Waals surface area contributed by atoms with Crippen molar-refractivity contribution < 1.29 is 29.6 Å². The van der Waals surface area contributed by atoms with Crippen molar-refractivity contribution in [2.24, 2.45) is 0 Å². The largest absolute Gasteiger partial charge is 0.477 e. The molecular formula is C10H11NO6. The van der Waals surface area contributed by atoms with Gasteiger partial charge in [-0.15, -0.1) is 0 Å². The van der Waals surface area contributed by atoms with Gasteiger partial charge in [-0.05, 0) is 6.07 Å². The van der Waals surface area contributed by atoms with E-state index in [1.807, 2.05) is 0 Å². The molecule has 1 aromatic rings. The van der Waals surface area contributed by atoms with E-state index in [0.717, 1.165) is 19.4 Å². The van der Waals surface area contributed by atoms with Crippen molar-refractivity contribution in [1.29, 1.82) is 0 Å². The highest BCUT2D eigenvalue weighted by molar-refractivity contribution is 5.85. The van der Waals surface area contributed by atoms with E-state index in [2.05, 4.69) is 9.72 Å². The van der Waals surface area contributed by atoms with Gasteiger partial charge in [0.05, 0.1) is 7.11 Å². The molecule has 1 rings (SSSR count). The van der Waals surface area contributed by atoms with E-state index < -0.39 is 24.1 Å². The van der Waals surface area contributed by atoms with Crippen LogP contribution in [0, 0.1) is 0 Å². The Hall–Kier alpha value is -1.99. The maximum Gasteiger partial charge on any atom is 0.354 e. The fourth-order valence-corrected chi connectivity index (χ4v) is 1.14. The summed E-state index contributed by atoms with van der Waals surface area (Å²) in [5.74, 6) is -2.20. The molecule has 1 aromatic heterocycles. The summed E-state index contributed by atoms with van der Waals surface area (Å²) in [5, 5.41) is 27.5. The monoisotopic (exact) mass is 241 g/mol. The zero-order chi connectivity index (χ0) is 13.0. The lowest BCUT2D eigenvalue weighted by atomic mass is 10.1. The summed E-state index contributed by atoms with van der Waals surface area (Å²) in [7, 11) is 1.07. The molecule has 0 saturated carbocycles. The van der Waals surface area contributed by atoms with Gasteiger partial charge < -0.3 is 20.1 Å². The second-order valence-electron chi connectivity index (χ2n) is 3.19. The average Bonchev–Trinajstić information content (AvgIpc) is 2.36. The Balaban J connectivity index is 2.86. The van der Waals surface area contributed by atoms with Crippen LogP contribution in [-0.2, 0) is 9.53 Å². The number of hydrogen-bond acceptors (Lipinski definition) is 6. The van der Waals surface area contributed by atoms with Crippen molar-refractivity contribution in [2.75, 3.05) is 7.11 Å². The highest BCUT2D eigenvalue weighted by atomic mass is 16.5. The van der Waals surface area contributed by atoms with Crippen molar-refractivity contribution in [3.63, 3.8) is 0 Å². The van der Waals surface area contributed by atoms with Gasteiger partial charge in [0.25, 0.3) is 0 Å². The standard InChI is InChI=1S/C10H11NO6/c1-17-10(16)8(13)7(12)5-2-3-6(9(14)15)11-4-5/h2-4,7-8,12-13H,1H3,(H,14,15). The van der Waals surface area contributed by atoms with Crippen molar-refractivity contribution in [3.8, 4) is 0 Å². The molecule has 92 valence electrons. The molecule has 0 radical (unpaired) electrons. The minimum absolute atomic E-state index is 0.118. The first-order valence-corrected chi connectivity index (χ1v) is 4.60. The van der Waals surface area contributed by atoms with Gasteiger partial charge in [-0.2, -0.15) is 0 Å². The fraction of sp³-hybridized carbons (Fsp3) is 0.300. The molecule has 1 heterocycles. The van der Waals surface area contributed by atoms with Crippen LogP contribution in [0.4, 0.5) is 0 Å². The van der Waals surface area contributed by atoms with Gasteiger partial charge in [0.15, 0.2) is 6.10 Å². The molecule has 0 aliphatic heterocycles. The summed E-state index contributed by atoms with van der Waals surface area (Å²) in [4.78, 5) is 25.0. The third-order valence-electron chi connectivity index (χ3n) is 2.09. The number of esters is 1. The van der Waals surface area contributed by atoms with Crippen LogP contribution in [0.2, 0.25) is 0 Å². The van der Waals surface area contributed by atoms with Gasteiger partial charge >= 0.3 is 11.9 Å². The summed E-state index contributed by atoms with van der Waals surface area (Å²) in [6.07, 6.45) is -2.18. The topological polar surface area (TPSA) is 117 Å². The summed E-state index contributed by atoms with van der Waals surface area (Å²) in [6.45, 7) is 0. The maximum absolute atomic E-state index is 11.0. The van der Waals surface area contributed by atoms with Crippen molar-refractivity contribution in [2.45, 2.75) is 12.2 Å². The van der Waals surface area contributed by atoms with Crippen molar-refractivity contribution in [3.05, 3.63) is 29.6 Å². The molecule has 2 atom stereocenters. The number of carbonyl (C=O) groups is 2. The van der Waals surface area contributed by atoms with Gasteiger partial charge in [-0.25, -0.2) is 14.6 Å². The molecular weight excluding hydrogens is 230 g/mol. The number of aliphatic hydroxyl groups excluding tert-OH is 2. The van der Waals surface area contributed by atoms with Crippen LogP contribution in [0.5, 0.6) is 0 Å². The highest BCUT2D eigenvalue weighted by Gasteiger charge is 2.26. The SMILES string of the molecule is COC(=O)C(O)C(O)c1ccc(C(=O)O)nc1. The number of pyridine rings is 1. The minimum Gasteiger partial charge on any atom is -0.477 e. The summed E-state index contributed by atoms with van der Waals surface area (Å²) >= 11 is 0. The summed E-state index contributed by atoms with van der Waals surface area (Å²) < 4.78 is 4.25. The van der Waals surface area contributed by atoms with Crippen LogP contribution in [0.25, 0.3) is 0 Å². The van der Waals surface area contributed by atoms with E-state index in [1.54, 1.807) is 0 Å². The molecule has 0 amide bonds. The lowest BCUT2D eigenvalue weighted by Gasteiger charge is -2.15. The molecule has 2 unspecified atom stereocenters. The number of aromatic carboxylic acids is 1. The molecule has 0 spiro atoms. The molecule has 0 aromatic carbocycles. The normalized spacial score (nSPS) is 13.8. The predicted molar refractivity (Wildman–Crippen MR) is 54.2 cm³/mol.